The Morgan fingerprint density at radius 1 is 1.09 bits per heavy atom. The van der Waals surface area contributed by atoms with Gasteiger partial charge in [-0.05, 0) is 65.6 Å². The molecule has 4 heteroatoms. The van der Waals surface area contributed by atoms with Crippen LogP contribution in [0.5, 0.6) is 0 Å². The Hall–Kier alpha value is -0.250. The maximum Gasteiger partial charge on any atom is 0.417 e. The molecule has 5 unspecified atom stereocenters. The first-order valence-electron chi connectivity index (χ1n) is 8.99. The number of alkyl halides is 3. The van der Waals surface area contributed by atoms with Crippen LogP contribution in [-0.2, 0) is 0 Å². The van der Waals surface area contributed by atoms with Crippen LogP contribution in [0.25, 0.3) is 0 Å². The average Bonchev–Trinajstić information content (AvgIpc) is 2.72. The van der Waals surface area contributed by atoms with Gasteiger partial charge in [0.2, 0.25) is 0 Å². The maximum absolute atomic E-state index is 13.4. The van der Waals surface area contributed by atoms with Gasteiger partial charge in [-0.2, -0.15) is 13.2 Å². The normalized spacial score (nSPS) is 44.1. The molecule has 0 heterocycles. The number of halogens is 3. The van der Waals surface area contributed by atoms with E-state index in [0.29, 0.717) is 5.92 Å². The minimum atomic E-state index is -4.54. The summed E-state index contributed by atoms with van der Waals surface area (Å²) in [5.41, 5.74) is -2.26. The van der Waals surface area contributed by atoms with Gasteiger partial charge in [0, 0.05) is 0 Å². The number of aliphatic hydroxyl groups is 1. The summed E-state index contributed by atoms with van der Waals surface area (Å²) < 4.78 is 40.2. The molecule has 134 valence electrons. The summed E-state index contributed by atoms with van der Waals surface area (Å²) in [6, 6.07) is 0. The second-order valence-corrected chi connectivity index (χ2v) is 10.0. The lowest BCUT2D eigenvalue weighted by Gasteiger charge is -2.41. The van der Waals surface area contributed by atoms with Crippen LogP contribution in [0.15, 0.2) is 0 Å². The van der Waals surface area contributed by atoms with Crippen molar-refractivity contribution >= 4 is 0 Å². The van der Waals surface area contributed by atoms with Crippen molar-refractivity contribution in [1.82, 2.24) is 0 Å². The summed E-state index contributed by atoms with van der Waals surface area (Å²) in [6.07, 6.45) is -1.85. The third-order valence-corrected chi connectivity index (χ3v) is 8.38. The van der Waals surface area contributed by atoms with Gasteiger partial charge in [-0.1, -0.05) is 41.5 Å². The molecule has 3 aliphatic rings. The number of hydrogen-bond donors (Lipinski definition) is 1. The third-order valence-electron chi connectivity index (χ3n) is 8.38. The Kier molecular flexibility index (Phi) is 3.27. The zero-order chi connectivity index (χ0) is 17.7. The molecule has 23 heavy (non-hydrogen) atoms. The van der Waals surface area contributed by atoms with Crippen LogP contribution < -0.4 is 0 Å². The average molecular weight is 332 g/mol. The van der Waals surface area contributed by atoms with E-state index in [9.17, 15) is 18.3 Å². The second kappa shape index (κ2) is 4.28. The molecule has 0 radical (unpaired) electrons. The van der Waals surface area contributed by atoms with Crippen LogP contribution in [0.4, 0.5) is 13.2 Å². The fraction of sp³-hybridized carbons (Fsp3) is 1.00. The van der Waals surface area contributed by atoms with E-state index < -0.39 is 11.8 Å². The van der Waals surface area contributed by atoms with Crippen LogP contribution in [0.3, 0.4) is 0 Å². The van der Waals surface area contributed by atoms with E-state index in [-0.39, 0.29) is 40.4 Å². The highest BCUT2D eigenvalue weighted by atomic mass is 19.4. The van der Waals surface area contributed by atoms with Gasteiger partial charge in [0.05, 0.1) is 0 Å². The van der Waals surface area contributed by atoms with Crippen LogP contribution in [0.2, 0.25) is 0 Å². The molecule has 0 aromatic heterocycles. The highest BCUT2D eigenvalue weighted by Crippen LogP contribution is 2.96. The predicted octanol–water partition coefficient (Wildman–Crippen LogP) is 5.57. The van der Waals surface area contributed by atoms with Crippen LogP contribution in [0.1, 0.15) is 73.6 Å². The van der Waals surface area contributed by atoms with Crippen molar-refractivity contribution in [3.8, 4) is 0 Å². The molecule has 3 rings (SSSR count). The molecule has 1 spiro atoms. The monoisotopic (exact) mass is 332 g/mol. The quantitative estimate of drug-likeness (QED) is 0.716. The molecule has 0 aliphatic heterocycles. The zero-order valence-corrected chi connectivity index (χ0v) is 15.3. The molecular weight excluding hydrogens is 301 g/mol. The van der Waals surface area contributed by atoms with E-state index in [1.165, 1.54) is 6.92 Å². The van der Waals surface area contributed by atoms with Gasteiger partial charge in [0.25, 0.3) is 0 Å². The molecule has 5 atom stereocenters. The molecule has 1 N–H and O–H groups in total. The van der Waals surface area contributed by atoms with Crippen molar-refractivity contribution in [1.29, 1.82) is 0 Å². The number of fused-ring (bicyclic) bond motifs is 1. The molecule has 3 saturated carbocycles. The molecule has 0 aromatic carbocycles. The first-order valence-corrected chi connectivity index (χ1v) is 8.99. The maximum atomic E-state index is 13.4. The van der Waals surface area contributed by atoms with E-state index in [1.807, 2.05) is 0 Å². The van der Waals surface area contributed by atoms with Crippen molar-refractivity contribution in [2.45, 2.75) is 85.4 Å². The lowest BCUT2D eigenvalue weighted by Crippen LogP contribution is -2.47. The van der Waals surface area contributed by atoms with Gasteiger partial charge in [-0.3, -0.25) is 0 Å². The summed E-state index contributed by atoms with van der Waals surface area (Å²) in [5.74, 6) is 0.531. The Morgan fingerprint density at radius 3 is 2.09 bits per heavy atom. The fourth-order valence-electron chi connectivity index (χ4n) is 7.76. The van der Waals surface area contributed by atoms with Gasteiger partial charge >= 0.3 is 6.18 Å². The van der Waals surface area contributed by atoms with Crippen molar-refractivity contribution < 1.29 is 18.3 Å². The lowest BCUT2D eigenvalue weighted by atomic mass is 9.65. The molecule has 0 aromatic rings. The van der Waals surface area contributed by atoms with E-state index in [2.05, 4.69) is 34.6 Å². The number of rotatable bonds is 3. The number of hydrogen-bond acceptors (Lipinski definition) is 1. The second-order valence-electron chi connectivity index (χ2n) is 10.0. The van der Waals surface area contributed by atoms with Crippen molar-refractivity contribution in [2.75, 3.05) is 0 Å². The summed E-state index contributed by atoms with van der Waals surface area (Å²) in [5, 5.41) is 10.3. The predicted molar refractivity (Wildman–Crippen MR) is 84.8 cm³/mol. The fourth-order valence-corrected chi connectivity index (χ4v) is 7.76. The van der Waals surface area contributed by atoms with Gasteiger partial charge in [0.15, 0.2) is 5.60 Å². The van der Waals surface area contributed by atoms with E-state index in [4.69, 9.17) is 0 Å². The highest BCUT2D eigenvalue weighted by molar-refractivity contribution is 5.38. The Bertz CT molecular complexity index is 518. The minimum absolute atomic E-state index is 0.0120. The van der Waals surface area contributed by atoms with Crippen LogP contribution in [0, 0.1) is 33.5 Å². The zero-order valence-electron chi connectivity index (χ0n) is 15.3. The minimum Gasteiger partial charge on any atom is -0.380 e. The molecule has 0 amide bonds. The van der Waals surface area contributed by atoms with Crippen molar-refractivity contribution in [2.24, 2.45) is 33.5 Å². The first-order chi connectivity index (χ1) is 10.2. The summed E-state index contributed by atoms with van der Waals surface area (Å²) >= 11 is 0. The van der Waals surface area contributed by atoms with E-state index in [0.717, 1.165) is 19.3 Å². The first kappa shape index (κ1) is 17.6. The highest BCUT2D eigenvalue weighted by Gasteiger charge is 2.91. The molecule has 2 bridgehead atoms. The van der Waals surface area contributed by atoms with Crippen LogP contribution in [-0.4, -0.2) is 16.9 Å². The molecule has 1 nitrogen and oxygen atoms in total. The smallest absolute Gasteiger partial charge is 0.380 e. The summed E-state index contributed by atoms with van der Waals surface area (Å²) in [7, 11) is 0. The summed E-state index contributed by atoms with van der Waals surface area (Å²) in [4.78, 5) is 0. The Morgan fingerprint density at radius 2 is 1.65 bits per heavy atom. The third kappa shape index (κ3) is 1.69. The SMILES string of the molecule is CCC(O)(CC1CC2CC13C(C)(C)C3(C(C)(C)C)C2)C(F)(F)F. The van der Waals surface area contributed by atoms with Crippen molar-refractivity contribution in [3.05, 3.63) is 0 Å². The van der Waals surface area contributed by atoms with Gasteiger partial charge in [-0.25, -0.2) is 0 Å². The largest absolute Gasteiger partial charge is 0.417 e. The molecule has 0 saturated heterocycles. The van der Waals surface area contributed by atoms with Gasteiger partial charge in [-0.15, -0.1) is 0 Å². The Balaban J connectivity index is 1.97. The summed E-state index contributed by atoms with van der Waals surface area (Å²) in [6.45, 7) is 12.7. The molecular formula is C19H31F3O. The van der Waals surface area contributed by atoms with Gasteiger partial charge < -0.3 is 5.11 Å². The molecule has 3 fully saturated rings. The van der Waals surface area contributed by atoms with Crippen molar-refractivity contribution in [3.63, 3.8) is 0 Å². The lowest BCUT2D eigenvalue weighted by molar-refractivity contribution is -0.269. The topological polar surface area (TPSA) is 20.2 Å². The van der Waals surface area contributed by atoms with E-state index in [1.54, 1.807) is 0 Å². The Labute approximate surface area is 138 Å². The van der Waals surface area contributed by atoms with Gasteiger partial charge in [0.1, 0.15) is 0 Å². The van der Waals surface area contributed by atoms with Crippen LogP contribution >= 0.6 is 0 Å². The molecule has 3 aliphatic carbocycles. The van der Waals surface area contributed by atoms with E-state index >= 15 is 0 Å². The standard InChI is InChI=1S/C19H31F3O/c1-7-16(23,19(20,21)22)11-13-8-12-9-17(13)15(5,6)18(17,10-12)14(2,3)4/h12-13,23H,7-11H2,1-6H3.